The van der Waals surface area contributed by atoms with Crippen LogP contribution in [0.5, 0.6) is 0 Å². The van der Waals surface area contributed by atoms with Gasteiger partial charge in [0.15, 0.2) is 0 Å². The highest BCUT2D eigenvalue weighted by Crippen LogP contribution is 2.66. The van der Waals surface area contributed by atoms with Crippen LogP contribution in [0, 0.1) is 0 Å². The van der Waals surface area contributed by atoms with Gasteiger partial charge in [0.2, 0.25) is 0 Å². The lowest BCUT2D eigenvalue weighted by Gasteiger charge is -2.52. The van der Waals surface area contributed by atoms with Crippen molar-refractivity contribution in [1.29, 1.82) is 0 Å². The molecule has 0 radical (unpaired) electrons. The first kappa shape index (κ1) is 22.7. The average Bonchev–Trinajstić information content (AvgIpc) is 2.81. The maximum Gasteiger partial charge on any atom is 0.494 e. The Bertz CT molecular complexity index is 848. The van der Waals surface area contributed by atoms with Crippen LogP contribution in [-0.2, 0) is 9.31 Å². The van der Waals surface area contributed by atoms with E-state index < -0.39 is 10.0 Å². The molecule has 4 heteroatoms. The van der Waals surface area contributed by atoms with Crippen molar-refractivity contribution < 1.29 is 9.31 Å². The SMILES string of the molecule is CC(C)S(c1ccc2ccc(B3OC(C)(C)C(C)(C)O3)cc2c1)(C(C)C)C(C)C. The van der Waals surface area contributed by atoms with E-state index in [1.165, 1.54) is 15.7 Å². The van der Waals surface area contributed by atoms with E-state index in [9.17, 15) is 0 Å². The van der Waals surface area contributed by atoms with Crippen molar-refractivity contribution in [3.05, 3.63) is 36.4 Å². The first-order chi connectivity index (χ1) is 13.3. The van der Waals surface area contributed by atoms with E-state index in [1.54, 1.807) is 0 Å². The summed E-state index contributed by atoms with van der Waals surface area (Å²) in [6.45, 7) is 22.9. The van der Waals surface area contributed by atoms with Crippen LogP contribution in [-0.4, -0.2) is 34.1 Å². The normalized spacial score (nSPS) is 19.7. The minimum Gasteiger partial charge on any atom is -0.399 e. The number of benzene rings is 2. The largest absolute Gasteiger partial charge is 0.494 e. The highest BCUT2D eigenvalue weighted by atomic mass is 32.3. The molecule has 0 spiro atoms. The predicted octanol–water partition coefficient (Wildman–Crippen LogP) is 6.53. The number of fused-ring (bicyclic) bond motifs is 1. The minimum absolute atomic E-state index is 0.314. The van der Waals surface area contributed by atoms with Gasteiger partial charge in [0.1, 0.15) is 0 Å². The van der Waals surface area contributed by atoms with Crippen LogP contribution < -0.4 is 5.46 Å². The zero-order chi connectivity index (χ0) is 21.8. The lowest BCUT2D eigenvalue weighted by atomic mass is 9.78. The molecule has 0 bridgehead atoms. The molecule has 0 amide bonds. The van der Waals surface area contributed by atoms with Crippen LogP contribution in [0.3, 0.4) is 0 Å². The van der Waals surface area contributed by atoms with Crippen LogP contribution in [0.15, 0.2) is 41.3 Å². The molecular formula is C25H39BO2S. The van der Waals surface area contributed by atoms with Gasteiger partial charge < -0.3 is 9.31 Å². The molecule has 0 N–H and O–H groups in total. The summed E-state index contributed by atoms with van der Waals surface area (Å²) >= 11 is 0. The summed E-state index contributed by atoms with van der Waals surface area (Å²) < 4.78 is 12.6. The molecule has 1 saturated heterocycles. The second kappa shape index (κ2) is 7.62. The van der Waals surface area contributed by atoms with E-state index in [2.05, 4.69) is 106 Å². The van der Waals surface area contributed by atoms with Gasteiger partial charge in [-0.2, -0.15) is 0 Å². The Morgan fingerprint density at radius 3 is 1.66 bits per heavy atom. The fourth-order valence-electron chi connectivity index (χ4n) is 5.04. The quantitative estimate of drug-likeness (QED) is 0.518. The molecule has 0 saturated carbocycles. The zero-order valence-corrected chi connectivity index (χ0v) is 20.8. The van der Waals surface area contributed by atoms with Crippen LogP contribution in [0.25, 0.3) is 10.8 Å². The summed E-state index contributed by atoms with van der Waals surface area (Å²) in [5, 5.41) is 4.50. The standard InChI is InChI=1S/C25H39BO2S/c1-17(2)29(18(3)4,19(5)6)23-14-12-20-11-13-22(15-21(20)16-23)26-27-24(7,8)25(9,10)28-26/h11-19H,1-10H3. The first-order valence-corrected chi connectivity index (χ1v) is 12.8. The average molecular weight is 414 g/mol. The van der Waals surface area contributed by atoms with Crippen LogP contribution >= 0.6 is 10.0 Å². The van der Waals surface area contributed by atoms with Crippen LogP contribution in [0.1, 0.15) is 69.2 Å². The summed E-state index contributed by atoms with van der Waals surface area (Å²) in [6, 6.07) is 13.7. The van der Waals surface area contributed by atoms with Gasteiger partial charge in [-0.1, -0.05) is 65.8 Å². The second-order valence-electron chi connectivity index (χ2n) is 10.3. The summed E-state index contributed by atoms with van der Waals surface area (Å²) in [5.41, 5.74) is 0.467. The first-order valence-electron chi connectivity index (χ1n) is 11.0. The Balaban J connectivity index is 2.09. The van der Waals surface area contributed by atoms with Gasteiger partial charge in [0, 0.05) is 0 Å². The van der Waals surface area contributed by atoms with Crippen LogP contribution in [0.4, 0.5) is 0 Å². The molecular weight excluding hydrogens is 375 g/mol. The third-order valence-corrected chi connectivity index (χ3v) is 12.9. The molecule has 0 aromatic heterocycles. The van der Waals surface area contributed by atoms with E-state index in [4.69, 9.17) is 9.31 Å². The van der Waals surface area contributed by atoms with E-state index in [0.717, 1.165) is 5.46 Å². The molecule has 29 heavy (non-hydrogen) atoms. The zero-order valence-electron chi connectivity index (χ0n) is 20.0. The molecule has 0 atom stereocenters. The van der Waals surface area contributed by atoms with Gasteiger partial charge in [-0.05, 0) is 76.7 Å². The fraction of sp³-hybridized carbons (Fsp3) is 0.600. The van der Waals surface area contributed by atoms with Gasteiger partial charge in [-0.3, -0.25) is 0 Å². The Morgan fingerprint density at radius 2 is 1.17 bits per heavy atom. The van der Waals surface area contributed by atoms with Crippen molar-refractivity contribution in [2.45, 2.75) is 101 Å². The van der Waals surface area contributed by atoms with Crippen molar-refractivity contribution in [3.8, 4) is 0 Å². The van der Waals surface area contributed by atoms with Gasteiger partial charge >= 0.3 is 7.12 Å². The van der Waals surface area contributed by atoms with Crippen molar-refractivity contribution in [1.82, 2.24) is 0 Å². The monoisotopic (exact) mass is 414 g/mol. The third-order valence-electron chi connectivity index (χ3n) is 7.11. The third kappa shape index (κ3) is 3.66. The van der Waals surface area contributed by atoms with Gasteiger partial charge in [0.05, 0.1) is 11.2 Å². The highest BCUT2D eigenvalue weighted by molar-refractivity contribution is 8.35. The Labute approximate surface area is 180 Å². The van der Waals surface area contributed by atoms with Crippen molar-refractivity contribution >= 4 is 33.4 Å². The summed E-state index contributed by atoms with van der Waals surface area (Å²) in [7, 11) is -1.26. The number of hydrogen-bond donors (Lipinski definition) is 0. The molecule has 1 aliphatic heterocycles. The van der Waals surface area contributed by atoms with Gasteiger partial charge in [-0.15, -0.1) is 0 Å². The summed E-state index contributed by atoms with van der Waals surface area (Å²) in [5.74, 6) is 0. The maximum atomic E-state index is 6.29. The Morgan fingerprint density at radius 1 is 0.690 bits per heavy atom. The van der Waals surface area contributed by atoms with Gasteiger partial charge in [0.25, 0.3) is 0 Å². The molecule has 0 aliphatic carbocycles. The Hall–Kier alpha value is -0.965. The van der Waals surface area contributed by atoms with E-state index in [1.807, 2.05) is 0 Å². The molecule has 3 rings (SSSR count). The molecule has 160 valence electrons. The smallest absolute Gasteiger partial charge is 0.399 e. The fourth-order valence-corrected chi connectivity index (χ4v) is 10.6. The predicted molar refractivity (Wildman–Crippen MR) is 131 cm³/mol. The lowest BCUT2D eigenvalue weighted by molar-refractivity contribution is 0.00578. The summed E-state index contributed by atoms with van der Waals surface area (Å²) in [4.78, 5) is 1.52. The van der Waals surface area contributed by atoms with Crippen molar-refractivity contribution in [2.24, 2.45) is 0 Å². The second-order valence-corrected chi connectivity index (χ2v) is 15.1. The molecule has 1 fully saturated rings. The maximum absolute atomic E-state index is 6.29. The van der Waals surface area contributed by atoms with Gasteiger partial charge in [-0.25, -0.2) is 10.0 Å². The molecule has 1 aliphatic rings. The number of rotatable bonds is 5. The Kier molecular flexibility index (Phi) is 5.97. The topological polar surface area (TPSA) is 18.5 Å². The molecule has 2 nitrogen and oxygen atoms in total. The van der Waals surface area contributed by atoms with Crippen molar-refractivity contribution in [2.75, 3.05) is 0 Å². The van der Waals surface area contributed by atoms with Crippen LogP contribution in [0.2, 0.25) is 0 Å². The minimum atomic E-state index is -0.948. The van der Waals surface area contributed by atoms with E-state index in [0.29, 0.717) is 15.7 Å². The molecule has 2 aromatic carbocycles. The molecule has 0 unspecified atom stereocenters. The summed E-state index contributed by atoms with van der Waals surface area (Å²) in [6.07, 6.45) is 0. The highest BCUT2D eigenvalue weighted by Gasteiger charge is 2.51. The number of hydrogen-bond acceptors (Lipinski definition) is 2. The molecule has 1 heterocycles. The van der Waals surface area contributed by atoms with Crippen molar-refractivity contribution in [3.63, 3.8) is 0 Å². The lowest BCUT2D eigenvalue weighted by Crippen LogP contribution is -2.41. The van der Waals surface area contributed by atoms with E-state index in [-0.39, 0.29) is 18.3 Å². The molecule has 2 aromatic rings. The van der Waals surface area contributed by atoms with E-state index >= 15 is 0 Å².